The van der Waals surface area contributed by atoms with Gasteiger partial charge in [-0.3, -0.25) is 4.79 Å². The van der Waals surface area contributed by atoms with Crippen molar-refractivity contribution >= 4 is 40.4 Å². The first-order valence-electron chi connectivity index (χ1n) is 10.4. The molecule has 2 heterocycles. The molecule has 7 heteroatoms. The van der Waals surface area contributed by atoms with Crippen LogP contribution < -0.4 is 4.90 Å². The standard InChI is InChI=1S/C23H28ClNO4S/c1-2-3-4-5-21(26)16-6-8-17(9-7-16)25-13-12-19(24)20(25)15-29-14-18-10-11-22(30-18)23(27)28/h6-11,19-20H,2-5,12-15H2,1H3,(H,27,28)/t19-,20+/m1/s1. The average molecular weight is 450 g/mol. The van der Waals surface area contributed by atoms with E-state index in [1.165, 1.54) is 11.3 Å². The molecule has 30 heavy (non-hydrogen) atoms. The second-order valence-electron chi connectivity index (χ2n) is 7.58. The van der Waals surface area contributed by atoms with Gasteiger partial charge in [0.2, 0.25) is 0 Å². The van der Waals surface area contributed by atoms with E-state index in [2.05, 4.69) is 11.8 Å². The number of thiophene rings is 1. The first kappa shape index (κ1) is 22.8. The van der Waals surface area contributed by atoms with E-state index < -0.39 is 5.97 Å². The van der Waals surface area contributed by atoms with Crippen molar-refractivity contribution in [3.05, 3.63) is 51.7 Å². The molecule has 0 bridgehead atoms. The molecule has 0 aliphatic carbocycles. The monoisotopic (exact) mass is 449 g/mol. The number of hydrogen-bond donors (Lipinski definition) is 1. The quantitative estimate of drug-likeness (QED) is 0.274. The molecule has 1 aliphatic rings. The first-order chi connectivity index (χ1) is 14.5. The molecule has 1 fully saturated rings. The molecule has 1 aromatic heterocycles. The van der Waals surface area contributed by atoms with E-state index in [9.17, 15) is 9.59 Å². The Hall–Kier alpha value is -1.89. The summed E-state index contributed by atoms with van der Waals surface area (Å²) in [5.74, 6) is -0.718. The van der Waals surface area contributed by atoms with Crippen LogP contribution in [0.3, 0.4) is 0 Å². The molecule has 1 saturated heterocycles. The van der Waals surface area contributed by atoms with Crippen LogP contribution in [0, 0.1) is 0 Å². The number of ether oxygens (including phenoxy) is 1. The summed E-state index contributed by atoms with van der Waals surface area (Å²) in [6, 6.07) is 11.2. The van der Waals surface area contributed by atoms with E-state index in [1.54, 1.807) is 12.1 Å². The van der Waals surface area contributed by atoms with Crippen LogP contribution in [0.5, 0.6) is 0 Å². The van der Waals surface area contributed by atoms with Crippen LogP contribution in [0.25, 0.3) is 0 Å². The zero-order valence-electron chi connectivity index (χ0n) is 17.2. The number of carbonyl (C=O) groups excluding carboxylic acids is 1. The van der Waals surface area contributed by atoms with Crippen LogP contribution in [0.1, 0.15) is 63.9 Å². The van der Waals surface area contributed by atoms with Gasteiger partial charge in [-0.2, -0.15) is 0 Å². The van der Waals surface area contributed by atoms with E-state index in [0.717, 1.165) is 48.4 Å². The predicted molar refractivity (Wildman–Crippen MR) is 121 cm³/mol. The molecular formula is C23H28ClNO4S. The van der Waals surface area contributed by atoms with Crippen molar-refractivity contribution in [3.8, 4) is 0 Å². The number of Topliss-reactive ketones (excluding diaryl/α,β-unsaturated/α-hetero) is 1. The number of unbranched alkanes of at least 4 members (excludes halogenated alkanes) is 2. The molecule has 2 atom stereocenters. The van der Waals surface area contributed by atoms with Crippen LogP contribution in [0.2, 0.25) is 0 Å². The second-order valence-corrected chi connectivity index (χ2v) is 9.31. The Morgan fingerprint density at radius 2 is 1.97 bits per heavy atom. The highest BCUT2D eigenvalue weighted by atomic mass is 35.5. The highest BCUT2D eigenvalue weighted by molar-refractivity contribution is 7.13. The van der Waals surface area contributed by atoms with Gasteiger partial charge in [0, 0.05) is 29.1 Å². The molecule has 5 nitrogen and oxygen atoms in total. The van der Waals surface area contributed by atoms with Crippen LogP contribution >= 0.6 is 22.9 Å². The zero-order valence-corrected chi connectivity index (χ0v) is 18.8. The number of hydrogen-bond acceptors (Lipinski definition) is 5. The van der Waals surface area contributed by atoms with Crippen molar-refractivity contribution in [1.29, 1.82) is 0 Å². The van der Waals surface area contributed by atoms with Gasteiger partial charge in [-0.15, -0.1) is 22.9 Å². The van der Waals surface area contributed by atoms with Crippen LogP contribution in [-0.2, 0) is 11.3 Å². The zero-order chi connectivity index (χ0) is 21.5. The summed E-state index contributed by atoms with van der Waals surface area (Å²) in [6.45, 7) is 3.81. The summed E-state index contributed by atoms with van der Waals surface area (Å²) in [6.07, 6.45) is 4.60. The number of anilines is 1. The maximum Gasteiger partial charge on any atom is 0.345 e. The maximum absolute atomic E-state index is 12.3. The van der Waals surface area contributed by atoms with E-state index in [-0.39, 0.29) is 17.2 Å². The van der Waals surface area contributed by atoms with Crippen molar-refractivity contribution < 1.29 is 19.4 Å². The molecule has 1 N–H and O–H groups in total. The van der Waals surface area contributed by atoms with Gasteiger partial charge in [0.15, 0.2) is 5.78 Å². The second kappa shape index (κ2) is 10.9. The van der Waals surface area contributed by atoms with Gasteiger partial charge < -0.3 is 14.7 Å². The molecule has 0 spiro atoms. The molecule has 162 valence electrons. The maximum atomic E-state index is 12.3. The molecule has 3 rings (SSSR count). The van der Waals surface area contributed by atoms with Gasteiger partial charge in [-0.05, 0) is 49.2 Å². The Morgan fingerprint density at radius 3 is 2.63 bits per heavy atom. The number of aromatic carboxylic acids is 1. The van der Waals surface area contributed by atoms with Gasteiger partial charge in [-0.25, -0.2) is 4.79 Å². The van der Waals surface area contributed by atoms with Crippen LogP contribution in [-0.4, -0.2) is 41.4 Å². The fourth-order valence-electron chi connectivity index (χ4n) is 3.70. The highest BCUT2D eigenvalue weighted by Gasteiger charge is 2.33. The van der Waals surface area contributed by atoms with Crippen LogP contribution in [0.4, 0.5) is 5.69 Å². The van der Waals surface area contributed by atoms with Gasteiger partial charge >= 0.3 is 5.97 Å². The van der Waals surface area contributed by atoms with E-state index in [0.29, 0.717) is 24.5 Å². The Kier molecular flexibility index (Phi) is 8.31. The average Bonchev–Trinajstić information content (AvgIpc) is 3.36. The third-order valence-corrected chi connectivity index (χ3v) is 6.95. The lowest BCUT2D eigenvalue weighted by molar-refractivity contribution is 0.0702. The van der Waals surface area contributed by atoms with E-state index in [1.807, 2.05) is 24.3 Å². The fourth-order valence-corrected chi connectivity index (χ4v) is 4.79. The summed E-state index contributed by atoms with van der Waals surface area (Å²) in [5.41, 5.74) is 1.80. The Labute approximate surface area is 186 Å². The summed E-state index contributed by atoms with van der Waals surface area (Å²) in [7, 11) is 0. The Balaban J connectivity index is 1.56. The van der Waals surface area contributed by atoms with Gasteiger partial charge in [0.05, 0.1) is 24.6 Å². The predicted octanol–water partition coefficient (Wildman–Crippen LogP) is 5.61. The lowest BCUT2D eigenvalue weighted by Crippen LogP contribution is -2.37. The summed E-state index contributed by atoms with van der Waals surface area (Å²) < 4.78 is 5.87. The third kappa shape index (κ3) is 5.84. The first-order valence-corrected chi connectivity index (χ1v) is 11.7. The smallest absolute Gasteiger partial charge is 0.345 e. The normalized spacial score (nSPS) is 18.7. The molecule has 0 amide bonds. The highest BCUT2D eigenvalue weighted by Crippen LogP contribution is 2.30. The van der Waals surface area contributed by atoms with Gasteiger partial charge in [0.1, 0.15) is 4.88 Å². The van der Waals surface area contributed by atoms with Crippen molar-refractivity contribution in [2.24, 2.45) is 0 Å². The minimum atomic E-state index is -0.915. The number of nitrogens with zero attached hydrogens (tertiary/aromatic N) is 1. The Morgan fingerprint density at radius 1 is 1.20 bits per heavy atom. The molecule has 2 aromatic rings. The number of alkyl halides is 1. The van der Waals surface area contributed by atoms with Crippen LogP contribution in [0.15, 0.2) is 36.4 Å². The number of halogens is 1. The number of carboxylic acid groups (broad SMARTS) is 1. The topological polar surface area (TPSA) is 66.8 Å². The van der Waals surface area contributed by atoms with Crippen molar-refractivity contribution in [3.63, 3.8) is 0 Å². The van der Waals surface area contributed by atoms with Crippen molar-refractivity contribution in [2.75, 3.05) is 18.1 Å². The molecule has 0 unspecified atom stereocenters. The summed E-state index contributed by atoms with van der Waals surface area (Å²) >= 11 is 7.78. The lowest BCUT2D eigenvalue weighted by atomic mass is 10.0. The van der Waals surface area contributed by atoms with Gasteiger partial charge in [-0.1, -0.05) is 19.8 Å². The SMILES string of the molecule is CCCCCC(=O)c1ccc(N2CC[C@@H](Cl)[C@@H]2COCc2ccc(C(=O)O)s2)cc1. The number of carbonyl (C=O) groups is 2. The minimum Gasteiger partial charge on any atom is -0.477 e. The van der Waals surface area contributed by atoms with Crippen molar-refractivity contribution in [2.45, 2.75) is 57.1 Å². The molecule has 0 saturated carbocycles. The molecule has 0 radical (unpaired) electrons. The van der Waals surface area contributed by atoms with E-state index in [4.69, 9.17) is 21.4 Å². The number of rotatable bonds is 11. The minimum absolute atomic E-state index is 0.0155. The fraction of sp³-hybridized carbons (Fsp3) is 0.478. The number of benzene rings is 1. The van der Waals surface area contributed by atoms with Crippen molar-refractivity contribution in [1.82, 2.24) is 0 Å². The third-order valence-electron chi connectivity index (χ3n) is 5.40. The van der Waals surface area contributed by atoms with Gasteiger partial charge in [0.25, 0.3) is 0 Å². The summed E-state index contributed by atoms with van der Waals surface area (Å²) in [5, 5.41) is 9.01. The molecule has 1 aromatic carbocycles. The molecule has 1 aliphatic heterocycles. The van der Waals surface area contributed by atoms with E-state index >= 15 is 0 Å². The number of carboxylic acids is 1. The molecular weight excluding hydrogens is 422 g/mol. The number of ketones is 1. The largest absolute Gasteiger partial charge is 0.477 e. The summed E-state index contributed by atoms with van der Waals surface area (Å²) in [4.78, 5) is 26.7. The lowest BCUT2D eigenvalue weighted by Gasteiger charge is -2.28. The Bertz CT molecular complexity index is 851.